The van der Waals surface area contributed by atoms with Crippen molar-refractivity contribution in [3.05, 3.63) is 53.6 Å². The van der Waals surface area contributed by atoms with Crippen molar-refractivity contribution < 1.29 is 31.8 Å². The summed E-state index contributed by atoms with van der Waals surface area (Å²) in [4.78, 5) is 4.08. The van der Waals surface area contributed by atoms with Gasteiger partial charge in [-0.3, -0.25) is 4.99 Å². The van der Waals surface area contributed by atoms with Gasteiger partial charge in [0.2, 0.25) is 0 Å². The molecule has 0 saturated heterocycles. The number of hydrogen-bond donors (Lipinski definition) is 2. The molecule has 2 aromatic carbocycles. The van der Waals surface area contributed by atoms with Gasteiger partial charge < -0.3 is 24.8 Å². The van der Waals surface area contributed by atoms with Crippen molar-refractivity contribution in [2.75, 3.05) is 20.8 Å². The molecule has 0 atom stereocenters. The van der Waals surface area contributed by atoms with Gasteiger partial charge in [-0.15, -0.1) is 24.0 Å². The molecule has 0 bridgehead atoms. The third kappa shape index (κ3) is 9.49. The van der Waals surface area contributed by atoms with E-state index in [2.05, 4.69) is 20.4 Å². The van der Waals surface area contributed by atoms with Gasteiger partial charge >= 0.3 is 6.61 Å². The van der Waals surface area contributed by atoms with Crippen LogP contribution in [0.15, 0.2) is 47.5 Å². The Hall–Kier alpha value is -2.44. The molecule has 172 valence electrons. The standard InChI is InChI=1S/C20H23F4N3O3.HI/c1-25-20(26-10-13-4-3-5-16(8-13)29-12-18(21)22)27-11-14-9-15(28-2)6-7-17(14)30-19(23)24;/h3-9,18-19H,10-12H2,1-2H3,(H2,25,26,27);1H. The van der Waals surface area contributed by atoms with E-state index in [1.165, 1.54) is 19.2 Å². The zero-order valence-electron chi connectivity index (χ0n) is 16.9. The highest BCUT2D eigenvalue weighted by atomic mass is 127. The highest BCUT2D eigenvalue weighted by molar-refractivity contribution is 14.0. The largest absolute Gasteiger partial charge is 0.497 e. The summed E-state index contributed by atoms with van der Waals surface area (Å²) in [5.74, 6) is 1.26. The number of benzene rings is 2. The van der Waals surface area contributed by atoms with Gasteiger partial charge in [-0.1, -0.05) is 12.1 Å². The molecule has 0 fully saturated rings. The fraction of sp³-hybridized carbons (Fsp3) is 0.350. The molecule has 0 amide bonds. The maximum Gasteiger partial charge on any atom is 0.387 e. The molecule has 0 radical (unpaired) electrons. The van der Waals surface area contributed by atoms with Crippen LogP contribution in [0.5, 0.6) is 17.2 Å². The van der Waals surface area contributed by atoms with Gasteiger partial charge in [0, 0.05) is 25.7 Å². The molecular formula is C20H24F4IN3O3. The molecule has 0 unspecified atom stereocenters. The number of aliphatic imine (C=N–C) groups is 1. The maximum atomic E-state index is 12.6. The highest BCUT2D eigenvalue weighted by Crippen LogP contribution is 2.25. The van der Waals surface area contributed by atoms with Crippen molar-refractivity contribution in [1.82, 2.24) is 10.6 Å². The van der Waals surface area contributed by atoms with E-state index in [-0.39, 0.29) is 36.3 Å². The normalized spacial score (nSPS) is 11.2. The van der Waals surface area contributed by atoms with Crippen LogP contribution in [0, 0.1) is 0 Å². The number of alkyl halides is 4. The lowest BCUT2D eigenvalue weighted by Gasteiger charge is -2.16. The Kier molecular flexibility index (Phi) is 11.8. The first-order chi connectivity index (χ1) is 14.4. The minimum atomic E-state index is -2.95. The summed E-state index contributed by atoms with van der Waals surface area (Å²) in [6.45, 7) is -3.14. The van der Waals surface area contributed by atoms with Gasteiger partial charge in [0.25, 0.3) is 6.43 Å². The van der Waals surface area contributed by atoms with Crippen LogP contribution in [-0.4, -0.2) is 39.8 Å². The van der Waals surface area contributed by atoms with Crippen LogP contribution >= 0.6 is 24.0 Å². The van der Waals surface area contributed by atoms with E-state index in [0.717, 1.165) is 5.56 Å². The van der Waals surface area contributed by atoms with E-state index >= 15 is 0 Å². The molecule has 0 heterocycles. The number of ether oxygens (including phenoxy) is 3. The van der Waals surface area contributed by atoms with E-state index in [1.54, 1.807) is 37.4 Å². The minimum Gasteiger partial charge on any atom is -0.497 e. The van der Waals surface area contributed by atoms with Gasteiger partial charge in [0.05, 0.1) is 7.11 Å². The molecule has 0 saturated carbocycles. The summed E-state index contributed by atoms with van der Waals surface area (Å²) in [5, 5.41) is 6.06. The lowest BCUT2D eigenvalue weighted by atomic mass is 10.2. The molecule has 0 aliphatic heterocycles. The second kappa shape index (κ2) is 13.8. The molecule has 11 heteroatoms. The second-order valence-corrected chi connectivity index (χ2v) is 5.98. The third-order valence-electron chi connectivity index (χ3n) is 3.89. The lowest BCUT2D eigenvalue weighted by Crippen LogP contribution is -2.36. The molecular weight excluding hydrogens is 533 g/mol. The minimum absolute atomic E-state index is 0. The van der Waals surface area contributed by atoms with Crippen molar-refractivity contribution in [2.45, 2.75) is 26.1 Å². The van der Waals surface area contributed by atoms with Crippen molar-refractivity contribution in [1.29, 1.82) is 0 Å². The van der Waals surface area contributed by atoms with Crippen LogP contribution in [0.1, 0.15) is 11.1 Å². The summed E-state index contributed by atoms with van der Waals surface area (Å²) in [7, 11) is 3.03. The fourth-order valence-corrected chi connectivity index (χ4v) is 2.52. The van der Waals surface area contributed by atoms with Crippen LogP contribution < -0.4 is 24.8 Å². The predicted octanol–water partition coefficient (Wildman–Crippen LogP) is 4.42. The van der Waals surface area contributed by atoms with Crippen LogP contribution in [0.4, 0.5) is 17.6 Å². The molecule has 31 heavy (non-hydrogen) atoms. The zero-order valence-corrected chi connectivity index (χ0v) is 19.2. The number of hydrogen-bond acceptors (Lipinski definition) is 4. The van der Waals surface area contributed by atoms with Crippen molar-refractivity contribution in [2.24, 2.45) is 4.99 Å². The van der Waals surface area contributed by atoms with Crippen molar-refractivity contribution >= 4 is 29.9 Å². The Labute approximate surface area is 195 Å². The molecule has 0 aliphatic carbocycles. The first kappa shape index (κ1) is 26.6. The van der Waals surface area contributed by atoms with Gasteiger partial charge in [0.1, 0.15) is 23.9 Å². The Morgan fingerprint density at radius 2 is 1.74 bits per heavy atom. The average Bonchev–Trinajstić information content (AvgIpc) is 2.73. The van der Waals surface area contributed by atoms with E-state index in [0.29, 0.717) is 29.6 Å². The third-order valence-corrected chi connectivity index (χ3v) is 3.89. The Morgan fingerprint density at radius 3 is 2.39 bits per heavy atom. The summed E-state index contributed by atoms with van der Waals surface area (Å²) >= 11 is 0. The topological polar surface area (TPSA) is 64.1 Å². The van der Waals surface area contributed by atoms with Gasteiger partial charge in [-0.05, 0) is 35.9 Å². The van der Waals surface area contributed by atoms with Gasteiger partial charge in [-0.2, -0.15) is 8.78 Å². The summed E-state index contributed by atoms with van der Waals surface area (Å²) < 4.78 is 64.5. The number of rotatable bonds is 10. The van der Waals surface area contributed by atoms with Crippen molar-refractivity contribution in [3.63, 3.8) is 0 Å². The Morgan fingerprint density at radius 1 is 1.00 bits per heavy atom. The van der Waals surface area contributed by atoms with Crippen LogP contribution in [-0.2, 0) is 13.1 Å². The van der Waals surface area contributed by atoms with E-state index in [1.807, 2.05) is 0 Å². The van der Waals surface area contributed by atoms with Crippen LogP contribution in [0.2, 0.25) is 0 Å². The number of nitrogens with zero attached hydrogens (tertiary/aromatic N) is 1. The average molecular weight is 557 g/mol. The molecule has 2 rings (SSSR count). The first-order valence-corrected chi connectivity index (χ1v) is 8.97. The quantitative estimate of drug-likeness (QED) is 0.196. The summed E-state index contributed by atoms with van der Waals surface area (Å²) in [5.41, 5.74) is 1.24. The molecule has 2 aromatic rings. The Bertz CT molecular complexity index is 841. The van der Waals surface area contributed by atoms with Gasteiger partial charge in [0.15, 0.2) is 5.96 Å². The molecule has 6 nitrogen and oxygen atoms in total. The Balaban J connectivity index is 0.00000480. The fourth-order valence-electron chi connectivity index (χ4n) is 2.52. The van der Waals surface area contributed by atoms with Gasteiger partial charge in [-0.25, -0.2) is 8.78 Å². The molecule has 0 spiro atoms. The molecule has 0 aromatic heterocycles. The monoisotopic (exact) mass is 557 g/mol. The number of halogens is 5. The number of nitrogens with one attached hydrogen (secondary N) is 2. The zero-order chi connectivity index (χ0) is 21.9. The lowest BCUT2D eigenvalue weighted by molar-refractivity contribution is -0.0505. The predicted molar refractivity (Wildman–Crippen MR) is 120 cm³/mol. The molecule has 0 aliphatic rings. The van der Waals surface area contributed by atoms with E-state index in [4.69, 9.17) is 9.47 Å². The number of guanidine groups is 1. The summed E-state index contributed by atoms with van der Waals surface area (Å²) in [6.07, 6.45) is -2.55. The van der Waals surface area contributed by atoms with Crippen LogP contribution in [0.3, 0.4) is 0 Å². The highest BCUT2D eigenvalue weighted by Gasteiger charge is 2.12. The van der Waals surface area contributed by atoms with E-state index < -0.39 is 19.6 Å². The van der Waals surface area contributed by atoms with Crippen molar-refractivity contribution in [3.8, 4) is 17.2 Å². The summed E-state index contributed by atoms with van der Waals surface area (Å²) in [6, 6.07) is 11.2. The number of methoxy groups -OCH3 is 1. The SMILES string of the molecule is CN=C(NCc1cccc(OCC(F)F)c1)NCc1cc(OC)ccc1OC(F)F.I. The molecule has 2 N–H and O–H groups in total. The maximum absolute atomic E-state index is 12.6. The smallest absolute Gasteiger partial charge is 0.387 e. The second-order valence-electron chi connectivity index (χ2n) is 5.98. The van der Waals surface area contributed by atoms with E-state index in [9.17, 15) is 17.6 Å². The first-order valence-electron chi connectivity index (χ1n) is 8.97. The van der Waals surface area contributed by atoms with Crippen LogP contribution in [0.25, 0.3) is 0 Å².